The fraction of sp³-hybridized carbons (Fsp3) is 0.526. The molecule has 4 nitrogen and oxygen atoms in total. The van der Waals surface area contributed by atoms with Gasteiger partial charge in [0.2, 0.25) is 0 Å². The highest BCUT2D eigenvalue weighted by molar-refractivity contribution is 7.09. The molecule has 1 aromatic carbocycles. The van der Waals surface area contributed by atoms with Crippen LogP contribution in [0.1, 0.15) is 22.7 Å². The van der Waals surface area contributed by atoms with Gasteiger partial charge in [0.25, 0.3) is 0 Å². The number of benzene rings is 1. The molecule has 0 bridgehead atoms. The van der Waals surface area contributed by atoms with Crippen LogP contribution in [-0.4, -0.2) is 43.3 Å². The molecular weight excluding hydrogens is 320 g/mol. The van der Waals surface area contributed by atoms with E-state index in [-0.39, 0.29) is 0 Å². The number of nitrogens with zero attached hydrogens (tertiary/aromatic N) is 2. The molecule has 5 heteroatoms. The summed E-state index contributed by atoms with van der Waals surface area (Å²) in [5.41, 5.74) is 2.46. The molecule has 1 aliphatic heterocycles. The van der Waals surface area contributed by atoms with Crippen molar-refractivity contribution in [3.63, 3.8) is 0 Å². The van der Waals surface area contributed by atoms with Gasteiger partial charge in [0.1, 0.15) is 10.8 Å². The van der Waals surface area contributed by atoms with E-state index in [1.54, 1.807) is 18.4 Å². The van der Waals surface area contributed by atoms with E-state index in [1.807, 2.05) is 19.2 Å². The quantitative estimate of drug-likeness (QED) is 0.801. The van der Waals surface area contributed by atoms with Crippen molar-refractivity contribution in [1.82, 2.24) is 9.88 Å². The summed E-state index contributed by atoms with van der Waals surface area (Å²) in [6.07, 6.45) is 2.46. The maximum Gasteiger partial charge on any atom is 0.118 e. The Bertz CT molecular complexity index is 641. The molecule has 2 aromatic rings. The van der Waals surface area contributed by atoms with Crippen molar-refractivity contribution in [1.29, 1.82) is 0 Å². The number of thiazole rings is 1. The van der Waals surface area contributed by atoms with Gasteiger partial charge in [-0.25, -0.2) is 4.98 Å². The second-order valence-electron chi connectivity index (χ2n) is 6.49. The molecule has 0 N–H and O–H groups in total. The fourth-order valence-corrected chi connectivity index (χ4v) is 4.28. The molecule has 0 radical (unpaired) electrons. The summed E-state index contributed by atoms with van der Waals surface area (Å²) in [7, 11) is 3.54. The van der Waals surface area contributed by atoms with Crippen LogP contribution in [0.3, 0.4) is 0 Å². The molecule has 0 saturated carbocycles. The Labute approximate surface area is 148 Å². The molecule has 1 aromatic heterocycles. The van der Waals surface area contributed by atoms with Crippen molar-refractivity contribution in [3.8, 4) is 5.75 Å². The molecule has 1 fully saturated rings. The lowest BCUT2D eigenvalue weighted by molar-refractivity contribution is -0.00850. The molecule has 0 spiro atoms. The third-order valence-electron chi connectivity index (χ3n) is 4.73. The number of methoxy groups -OCH3 is 2. The van der Waals surface area contributed by atoms with Crippen LogP contribution in [0, 0.1) is 12.8 Å². The summed E-state index contributed by atoms with van der Waals surface area (Å²) in [4.78, 5) is 7.12. The predicted octanol–water partition coefficient (Wildman–Crippen LogP) is 3.54. The zero-order chi connectivity index (χ0) is 16.9. The third kappa shape index (κ3) is 4.35. The molecule has 130 valence electrons. The summed E-state index contributed by atoms with van der Waals surface area (Å²) in [6, 6.07) is 8.40. The van der Waals surface area contributed by atoms with E-state index >= 15 is 0 Å². The molecule has 2 heterocycles. The molecule has 0 amide bonds. The zero-order valence-corrected chi connectivity index (χ0v) is 15.5. The first-order valence-electron chi connectivity index (χ1n) is 8.47. The average molecular weight is 346 g/mol. The van der Waals surface area contributed by atoms with Crippen molar-refractivity contribution >= 4 is 11.3 Å². The van der Waals surface area contributed by atoms with E-state index in [4.69, 9.17) is 9.47 Å². The maximum atomic E-state index is 5.76. The molecule has 0 unspecified atom stereocenters. The van der Waals surface area contributed by atoms with Crippen LogP contribution in [0.25, 0.3) is 0 Å². The van der Waals surface area contributed by atoms with Crippen molar-refractivity contribution in [2.45, 2.75) is 32.4 Å². The fourth-order valence-electron chi connectivity index (χ4n) is 3.47. The summed E-state index contributed by atoms with van der Waals surface area (Å²) in [5, 5.41) is 3.35. The van der Waals surface area contributed by atoms with E-state index in [2.05, 4.69) is 34.3 Å². The van der Waals surface area contributed by atoms with E-state index < -0.39 is 0 Å². The van der Waals surface area contributed by atoms with Gasteiger partial charge in [-0.15, -0.1) is 11.3 Å². The molecule has 2 atom stereocenters. The van der Waals surface area contributed by atoms with Gasteiger partial charge >= 0.3 is 0 Å². The van der Waals surface area contributed by atoms with Crippen molar-refractivity contribution in [2.24, 2.45) is 5.92 Å². The largest absolute Gasteiger partial charge is 0.497 e. The van der Waals surface area contributed by atoms with Gasteiger partial charge in [-0.2, -0.15) is 0 Å². The minimum atomic E-state index is 0.335. The second-order valence-corrected chi connectivity index (χ2v) is 7.44. The van der Waals surface area contributed by atoms with Crippen LogP contribution in [0.4, 0.5) is 0 Å². The average Bonchev–Trinajstić information content (AvgIpc) is 3.01. The number of aryl methyl sites for hydroxylation is 1. The Kier molecular flexibility index (Phi) is 5.87. The number of hydrogen-bond donors (Lipinski definition) is 0. The Morgan fingerprint density at radius 3 is 2.67 bits per heavy atom. The summed E-state index contributed by atoms with van der Waals surface area (Å²) in [6.45, 7) is 5.15. The number of likely N-dealkylation sites (tertiary alicyclic amines) is 1. The molecule has 1 aliphatic rings. The lowest BCUT2D eigenvalue weighted by Crippen LogP contribution is -2.44. The Morgan fingerprint density at radius 1 is 1.25 bits per heavy atom. The monoisotopic (exact) mass is 346 g/mol. The van der Waals surface area contributed by atoms with Crippen molar-refractivity contribution in [3.05, 3.63) is 45.9 Å². The molecule has 3 rings (SSSR count). The highest BCUT2D eigenvalue weighted by atomic mass is 32.1. The minimum absolute atomic E-state index is 0.335. The molecular formula is C19H26N2O2S. The topological polar surface area (TPSA) is 34.6 Å². The number of piperidine rings is 1. The van der Waals surface area contributed by atoms with Crippen LogP contribution >= 0.6 is 11.3 Å². The number of rotatable bonds is 6. The SMILES string of the molecule is COc1ccc(C[C@@H]2CN(Cc3nc(C)cs3)CC[C@H]2OC)cc1. The van der Waals surface area contributed by atoms with Crippen LogP contribution in [-0.2, 0) is 17.7 Å². The smallest absolute Gasteiger partial charge is 0.118 e. The van der Waals surface area contributed by atoms with Crippen molar-refractivity contribution in [2.75, 3.05) is 27.3 Å². The van der Waals surface area contributed by atoms with Crippen LogP contribution in [0.5, 0.6) is 5.75 Å². The maximum absolute atomic E-state index is 5.76. The lowest BCUT2D eigenvalue weighted by Gasteiger charge is -2.37. The third-order valence-corrected chi connectivity index (χ3v) is 5.68. The Hall–Kier alpha value is -1.43. The first-order valence-corrected chi connectivity index (χ1v) is 9.35. The van der Waals surface area contributed by atoms with Gasteiger partial charge in [-0.05, 0) is 37.5 Å². The van der Waals surface area contributed by atoms with E-state index in [0.717, 1.165) is 43.9 Å². The highest BCUT2D eigenvalue weighted by Crippen LogP contribution is 2.26. The van der Waals surface area contributed by atoms with Gasteiger partial charge < -0.3 is 9.47 Å². The van der Waals surface area contributed by atoms with Gasteiger partial charge in [0.15, 0.2) is 0 Å². The summed E-state index contributed by atoms with van der Waals surface area (Å²) in [5.74, 6) is 1.42. The predicted molar refractivity (Wildman–Crippen MR) is 97.7 cm³/mol. The zero-order valence-electron chi connectivity index (χ0n) is 14.7. The standard InChI is InChI=1S/C19H26N2O2S/c1-14-13-24-19(20-14)12-21-9-8-18(23-3)16(11-21)10-15-4-6-17(22-2)7-5-15/h4-7,13,16,18H,8-12H2,1-3H3/t16-,18-/m1/s1. The lowest BCUT2D eigenvalue weighted by atomic mass is 9.88. The number of ether oxygens (including phenoxy) is 2. The Morgan fingerprint density at radius 2 is 2.04 bits per heavy atom. The van der Waals surface area contributed by atoms with Gasteiger partial charge in [-0.1, -0.05) is 12.1 Å². The van der Waals surface area contributed by atoms with Gasteiger partial charge in [0.05, 0.1) is 19.8 Å². The molecule has 24 heavy (non-hydrogen) atoms. The van der Waals surface area contributed by atoms with E-state index in [0.29, 0.717) is 12.0 Å². The number of hydrogen-bond acceptors (Lipinski definition) is 5. The highest BCUT2D eigenvalue weighted by Gasteiger charge is 2.29. The normalized spacial score (nSPS) is 21.8. The minimum Gasteiger partial charge on any atom is -0.497 e. The first-order chi connectivity index (χ1) is 11.7. The first kappa shape index (κ1) is 17.4. The molecule has 1 saturated heterocycles. The van der Waals surface area contributed by atoms with Gasteiger partial charge in [0, 0.05) is 37.2 Å². The van der Waals surface area contributed by atoms with Crippen molar-refractivity contribution < 1.29 is 9.47 Å². The van der Waals surface area contributed by atoms with Crippen LogP contribution in [0.2, 0.25) is 0 Å². The molecule has 0 aliphatic carbocycles. The summed E-state index contributed by atoms with van der Waals surface area (Å²) >= 11 is 1.76. The number of aromatic nitrogens is 1. The van der Waals surface area contributed by atoms with E-state index in [9.17, 15) is 0 Å². The van der Waals surface area contributed by atoms with Gasteiger partial charge in [-0.3, -0.25) is 4.90 Å². The van der Waals surface area contributed by atoms with E-state index in [1.165, 1.54) is 10.6 Å². The van der Waals surface area contributed by atoms with Crippen LogP contribution < -0.4 is 4.74 Å². The van der Waals surface area contributed by atoms with Crippen LogP contribution in [0.15, 0.2) is 29.6 Å². The summed E-state index contributed by atoms with van der Waals surface area (Å²) < 4.78 is 11.0. The second kappa shape index (κ2) is 8.10. The Balaban J connectivity index is 1.64.